The van der Waals surface area contributed by atoms with Crippen molar-refractivity contribution in [3.05, 3.63) is 54.5 Å². The van der Waals surface area contributed by atoms with E-state index < -0.39 is 11.2 Å². The molecule has 0 amide bonds. The van der Waals surface area contributed by atoms with E-state index in [4.69, 9.17) is 0 Å². The van der Waals surface area contributed by atoms with Crippen molar-refractivity contribution in [3.63, 3.8) is 0 Å². The van der Waals surface area contributed by atoms with Crippen LogP contribution in [0.25, 0.3) is 11.0 Å². The number of benzene rings is 1. The van der Waals surface area contributed by atoms with Gasteiger partial charge in [-0.25, -0.2) is 9.97 Å². The number of aromatic nitrogens is 3. The van der Waals surface area contributed by atoms with Crippen molar-refractivity contribution in [2.24, 2.45) is 0 Å². The third kappa shape index (κ3) is 2.23. The molecule has 3 rings (SSSR count). The average Bonchev–Trinajstić information content (AvgIpc) is 2.82. The highest BCUT2D eigenvalue weighted by Crippen LogP contribution is 2.15. The van der Waals surface area contributed by atoms with Crippen LogP contribution in [0.2, 0.25) is 0 Å². The van der Waals surface area contributed by atoms with E-state index in [-0.39, 0.29) is 0 Å². The van der Waals surface area contributed by atoms with Gasteiger partial charge in [0.2, 0.25) is 5.03 Å². The Morgan fingerprint density at radius 2 is 1.94 bits per heavy atom. The highest BCUT2D eigenvalue weighted by atomic mass is 32.2. The van der Waals surface area contributed by atoms with Crippen LogP contribution in [0.4, 0.5) is 0 Å². The summed E-state index contributed by atoms with van der Waals surface area (Å²) in [5.41, 5.74) is 1.86. The van der Waals surface area contributed by atoms with Crippen LogP contribution in [0.15, 0.2) is 53.7 Å². The van der Waals surface area contributed by atoms with E-state index in [0.717, 1.165) is 16.9 Å². The predicted octanol–water partition coefficient (Wildman–Crippen LogP) is 2.27. The molecule has 0 saturated heterocycles. The number of nitrogens with zero attached hydrogens (tertiary/aromatic N) is 2. The molecule has 0 saturated carbocycles. The molecular formula is C13H11N3OS. The summed E-state index contributed by atoms with van der Waals surface area (Å²) in [6.45, 7) is 0. The van der Waals surface area contributed by atoms with E-state index in [1.165, 1.54) is 0 Å². The lowest BCUT2D eigenvalue weighted by atomic mass is 10.3. The molecule has 3 aromatic rings. The maximum Gasteiger partial charge on any atom is 0.244 e. The summed E-state index contributed by atoms with van der Waals surface area (Å²) in [7, 11) is 0. The molecule has 0 aliphatic heterocycles. The monoisotopic (exact) mass is 257 g/mol. The quantitative estimate of drug-likeness (QED) is 0.732. The smallest absolute Gasteiger partial charge is 0.244 e. The minimum absolute atomic E-state index is 0.353. The number of nitrogens with one attached hydrogen (secondary N) is 1. The molecule has 0 aliphatic rings. The van der Waals surface area contributed by atoms with Crippen molar-refractivity contribution >= 4 is 22.2 Å². The Morgan fingerprint density at radius 1 is 1.11 bits per heavy atom. The number of aromatic amines is 1. The predicted molar refractivity (Wildman–Crippen MR) is 70.4 cm³/mol. The zero-order chi connectivity index (χ0) is 12.4. The van der Waals surface area contributed by atoms with Crippen molar-refractivity contribution in [3.8, 4) is 0 Å². The zero-order valence-corrected chi connectivity index (χ0v) is 10.4. The van der Waals surface area contributed by atoms with Crippen LogP contribution in [-0.2, 0) is 16.9 Å². The Kier molecular flexibility index (Phi) is 3.00. The molecule has 2 aromatic heterocycles. The molecule has 4 nitrogen and oxygen atoms in total. The van der Waals surface area contributed by atoms with Crippen LogP contribution in [0, 0.1) is 0 Å². The fourth-order valence-electron chi connectivity index (χ4n) is 1.75. The normalized spacial score (nSPS) is 12.7. The Balaban J connectivity index is 1.84. The summed E-state index contributed by atoms with van der Waals surface area (Å²) in [6, 6.07) is 13.2. The standard InChI is InChI=1S/C13H11N3OS/c17-18(13-7-3-4-8-14-13)9-12-15-10-5-1-2-6-11(10)16-12/h1-8H,9H2,(H,15,16). The van der Waals surface area contributed by atoms with Gasteiger partial charge < -0.3 is 9.54 Å². The van der Waals surface area contributed by atoms with Gasteiger partial charge >= 0.3 is 0 Å². The van der Waals surface area contributed by atoms with E-state index in [9.17, 15) is 4.55 Å². The van der Waals surface area contributed by atoms with Crippen molar-refractivity contribution in [1.82, 2.24) is 15.0 Å². The molecule has 0 fully saturated rings. The SMILES string of the molecule is [O-][S+](Cc1nc2ccccc2[nH]1)c1ccccn1. The average molecular weight is 257 g/mol. The highest BCUT2D eigenvalue weighted by molar-refractivity contribution is 7.90. The Labute approximate surface area is 107 Å². The minimum atomic E-state index is -1.17. The Morgan fingerprint density at radius 3 is 2.72 bits per heavy atom. The van der Waals surface area contributed by atoms with E-state index in [0.29, 0.717) is 10.8 Å². The van der Waals surface area contributed by atoms with Gasteiger partial charge in [-0.05, 0) is 18.2 Å². The molecule has 0 spiro atoms. The number of para-hydroxylation sites is 2. The molecule has 0 bridgehead atoms. The fraction of sp³-hybridized carbons (Fsp3) is 0.0769. The molecule has 2 heterocycles. The summed E-state index contributed by atoms with van der Waals surface area (Å²) >= 11 is -1.17. The largest absolute Gasteiger partial charge is 0.610 e. The van der Waals surface area contributed by atoms with Gasteiger partial charge in [-0.3, -0.25) is 0 Å². The molecule has 1 unspecified atom stereocenters. The van der Waals surface area contributed by atoms with Gasteiger partial charge in [0.05, 0.1) is 11.0 Å². The molecule has 18 heavy (non-hydrogen) atoms. The topological polar surface area (TPSA) is 64.6 Å². The highest BCUT2D eigenvalue weighted by Gasteiger charge is 2.15. The summed E-state index contributed by atoms with van der Waals surface area (Å²) in [5.74, 6) is 1.08. The third-order valence-corrected chi connectivity index (χ3v) is 3.82. The van der Waals surface area contributed by atoms with Gasteiger partial charge in [-0.15, -0.1) is 0 Å². The van der Waals surface area contributed by atoms with E-state index in [1.54, 1.807) is 12.3 Å². The summed E-state index contributed by atoms with van der Waals surface area (Å²) in [5, 5.41) is 0.581. The molecule has 0 radical (unpaired) electrons. The molecule has 0 aliphatic carbocycles. The fourth-order valence-corrected chi connectivity index (χ4v) is 2.70. The van der Waals surface area contributed by atoms with Crippen LogP contribution in [0.1, 0.15) is 5.82 Å². The molecule has 5 heteroatoms. The second-order valence-corrected chi connectivity index (χ2v) is 5.26. The first-order chi connectivity index (χ1) is 8.83. The van der Waals surface area contributed by atoms with Crippen LogP contribution >= 0.6 is 0 Å². The van der Waals surface area contributed by atoms with E-state index in [2.05, 4.69) is 15.0 Å². The summed E-state index contributed by atoms with van der Waals surface area (Å²) in [4.78, 5) is 11.7. The first-order valence-electron chi connectivity index (χ1n) is 5.56. The second kappa shape index (κ2) is 4.80. The summed E-state index contributed by atoms with van der Waals surface area (Å²) < 4.78 is 12.1. The third-order valence-electron chi connectivity index (χ3n) is 2.58. The number of pyridine rings is 1. The Hall–Kier alpha value is -1.85. The molecular weight excluding hydrogens is 246 g/mol. The maximum absolute atomic E-state index is 12.1. The minimum Gasteiger partial charge on any atom is -0.610 e. The lowest BCUT2D eigenvalue weighted by Gasteiger charge is -2.06. The number of rotatable bonds is 3. The Bertz CT molecular complexity index is 620. The zero-order valence-electron chi connectivity index (χ0n) is 9.54. The molecule has 1 atom stereocenters. The molecule has 1 aromatic carbocycles. The first kappa shape index (κ1) is 11.3. The summed E-state index contributed by atoms with van der Waals surface area (Å²) in [6.07, 6.45) is 1.64. The van der Waals surface area contributed by atoms with Crippen molar-refractivity contribution in [2.75, 3.05) is 0 Å². The van der Waals surface area contributed by atoms with Gasteiger partial charge in [0, 0.05) is 23.4 Å². The van der Waals surface area contributed by atoms with Gasteiger partial charge in [0.15, 0.2) is 11.6 Å². The van der Waals surface area contributed by atoms with Crippen LogP contribution in [0.3, 0.4) is 0 Å². The number of imidazole rings is 1. The van der Waals surface area contributed by atoms with Gasteiger partial charge in [-0.1, -0.05) is 18.2 Å². The van der Waals surface area contributed by atoms with Crippen LogP contribution < -0.4 is 0 Å². The van der Waals surface area contributed by atoms with Gasteiger partial charge in [-0.2, -0.15) is 0 Å². The maximum atomic E-state index is 12.1. The van der Waals surface area contributed by atoms with Crippen LogP contribution in [0.5, 0.6) is 0 Å². The molecule has 90 valence electrons. The number of hydrogen-bond acceptors (Lipinski definition) is 3. The number of fused-ring (bicyclic) bond motifs is 1. The lowest BCUT2D eigenvalue weighted by Crippen LogP contribution is -2.07. The molecule has 1 N–H and O–H groups in total. The number of hydrogen-bond donors (Lipinski definition) is 1. The van der Waals surface area contributed by atoms with Crippen LogP contribution in [-0.4, -0.2) is 19.5 Å². The van der Waals surface area contributed by atoms with E-state index in [1.807, 2.05) is 36.4 Å². The van der Waals surface area contributed by atoms with Gasteiger partial charge in [0.1, 0.15) is 0 Å². The van der Waals surface area contributed by atoms with Crippen molar-refractivity contribution in [1.29, 1.82) is 0 Å². The second-order valence-electron chi connectivity index (χ2n) is 3.86. The van der Waals surface area contributed by atoms with Crippen molar-refractivity contribution in [2.45, 2.75) is 10.8 Å². The first-order valence-corrected chi connectivity index (χ1v) is 6.88. The van der Waals surface area contributed by atoms with Gasteiger partial charge in [0.25, 0.3) is 0 Å². The van der Waals surface area contributed by atoms with E-state index >= 15 is 0 Å². The number of H-pyrrole nitrogens is 1. The lowest BCUT2D eigenvalue weighted by molar-refractivity contribution is 0.589. The van der Waals surface area contributed by atoms with Crippen molar-refractivity contribution < 1.29 is 4.55 Å².